The molecule has 0 bridgehead atoms. The van der Waals surface area contributed by atoms with Gasteiger partial charge >= 0.3 is 0 Å². The fourth-order valence-corrected chi connectivity index (χ4v) is 5.46. The predicted octanol–water partition coefficient (Wildman–Crippen LogP) is 5.81. The van der Waals surface area contributed by atoms with Gasteiger partial charge in [-0.05, 0) is 67.8 Å². The van der Waals surface area contributed by atoms with Crippen molar-refractivity contribution < 1.29 is 18.7 Å². The van der Waals surface area contributed by atoms with Crippen molar-refractivity contribution in [3.05, 3.63) is 113 Å². The third kappa shape index (κ3) is 6.48. The van der Waals surface area contributed by atoms with Crippen LogP contribution in [0.1, 0.15) is 50.4 Å². The minimum Gasteiger partial charge on any atom is -0.378 e. The number of amides is 2. The summed E-state index contributed by atoms with van der Waals surface area (Å²) in [7, 11) is 0. The van der Waals surface area contributed by atoms with Crippen LogP contribution in [0.25, 0.3) is 5.52 Å². The van der Waals surface area contributed by atoms with E-state index in [1.165, 1.54) is 18.5 Å². The third-order valence-electron chi connectivity index (χ3n) is 7.99. The van der Waals surface area contributed by atoms with Crippen molar-refractivity contribution in [3.63, 3.8) is 0 Å². The average Bonchev–Trinajstić information content (AvgIpc) is 3.39. The highest BCUT2D eigenvalue weighted by atomic mass is 19.1. The Labute approximate surface area is 260 Å². The van der Waals surface area contributed by atoms with E-state index >= 15 is 0 Å². The van der Waals surface area contributed by atoms with Crippen LogP contribution in [0, 0.1) is 19.7 Å². The molecular weight excluding hydrogens is 573 g/mol. The lowest BCUT2D eigenvalue weighted by molar-refractivity contribution is 0.0938. The first kappa shape index (κ1) is 29.8. The highest BCUT2D eigenvalue weighted by Gasteiger charge is 2.21. The number of rotatable bonds is 8. The zero-order valence-electron chi connectivity index (χ0n) is 25.3. The molecule has 10 nitrogen and oxygen atoms in total. The van der Waals surface area contributed by atoms with Crippen LogP contribution in [0.2, 0.25) is 0 Å². The molecule has 1 atom stereocenters. The monoisotopic (exact) mass is 607 g/mol. The molecule has 1 fully saturated rings. The number of hydrogen-bond donors (Lipinski definition) is 3. The fraction of sp³-hybridized carbons (Fsp3) is 0.235. The number of morpholine rings is 1. The van der Waals surface area contributed by atoms with Crippen LogP contribution in [0.5, 0.6) is 0 Å². The molecule has 1 aliphatic heterocycles. The second-order valence-electron chi connectivity index (χ2n) is 11.1. The number of carbonyl (C=O) groups is 2. The second kappa shape index (κ2) is 12.7. The topological polar surface area (TPSA) is 113 Å². The van der Waals surface area contributed by atoms with E-state index in [-0.39, 0.29) is 17.9 Å². The van der Waals surface area contributed by atoms with E-state index in [1.54, 1.807) is 28.9 Å². The van der Waals surface area contributed by atoms with Crippen LogP contribution in [-0.2, 0) is 4.74 Å². The van der Waals surface area contributed by atoms with Crippen molar-refractivity contribution in [3.8, 4) is 0 Å². The van der Waals surface area contributed by atoms with Gasteiger partial charge in [-0.1, -0.05) is 36.4 Å². The maximum atomic E-state index is 14.5. The van der Waals surface area contributed by atoms with Crippen molar-refractivity contribution in [1.82, 2.24) is 19.9 Å². The van der Waals surface area contributed by atoms with Crippen molar-refractivity contribution in [2.45, 2.75) is 26.8 Å². The van der Waals surface area contributed by atoms with Gasteiger partial charge in [0.2, 0.25) is 0 Å². The molecule has 2 amide bonds. The highest BCUT2D eigenvalue weighted by molar-refractivity contribution is 6.05. The molecule has 11 heteroatoms. The van der Waals surface area contributed by atoms with Crippen molar-refractivity contribution in [2.24, 2.45) is 0 Å². The molecule has 1 aliphatic rings. The quantitative estimate of drug-likeness (QED) is 0.204. The second-order valence-corrected chi connectivity index (χ2v) is 11.1. The number of ether oxygens (including phenoxy) is 1. The smallest absolute Gasteiger partial charge is 0.255 e. The van der Waals surface area contributed by atoms with Gasteiger partial charge in [0.05, 0.1) is 24.8 Å². The van der Waals surface area contributed by atoms with E-state index in [4.69, 9.17) is 4.74 Å². The maximum absolute atomic E-state index is 14.5. The largest absolute Gasteiger partial charge is 0.378 e. The number of halogens is 1. The predicted molar refractivity (Wildman–Crippen MR) is 172 cm³/mol. The molecule has 45 heavy (non-hydrogen) atoms. The summed E-state index contributed by atoms with van der Waals surface area (Å²) in [6.45, 7) is 8.15. The Balaban J connectivity index is 1.22. The number of aromatic nitrogens is 3. The first-order valence-corrected chi connectivity index (χ1v) is 14.8. The molecule has 0 spiro atoms. The van der Waals surface area contributed by atoms with Gasteiger partial charge in [0, 0.05) is 41.9 Å². The molecule has 3 heterocycles. The molecule has 5 aromatic rings. The Morgan fingerprint density at radius 1 is 0.978 bits per heavy atom. The Kier molecular flexibility index (Phi) is 8.43. The summed E-state index contributed by atoms with van der Waals surface area (Å²) >= 11 is 0. The molecule has 2 aromatic heterocycles. The molecular formula is C34H34FN7O3. The van der Waals surface area contributed by atoms with Gasteiger partial charge in [0.1, 0.15) is 17.7 Å². The Hall–Kier alpha value is -5.29. The van der Waals surface area contributed by atoms with Gasteiger partial charge in [-0.15, -0.1) is 0 Å². The molecule has 6 rings (SSSR count). The Morgan fingerprint density at radius 3 is 2.53 bits per heavy atom. The lowest BCUT2D eigenvalue weighted by Gasteiger charge is -2.29. The van der Waals surface area contributed by atoms with Gasteiger partial charge in [0.15, 0.2) is 5.82 Å². The number of fused-ring (bicyclic) bond motifs is 1. The first-order chi connectivity index (χ1) is 21.8. The molecule has 1 saturated heterocycles. The van der Waals surface area contributed by atoms with Gasteiger partial charge in [-0.2, -0.15) is 5.10 Å². The number of benzene rings is 3. The van der Waals surface area contributed by atoms with Gasteiger partial charge in [0.25, 0.3) is 11.8 Å². The van der Waals surface area contributed by atoms with Crippen molar-refractivity contribution in [1.29, 1.82) is 0 Å². The van der Waals surface area contributed by atoms with E-state index in [0.717, 1.165) is 11.1 Å². The van der Waals surface area contributed by atoms with Crippen LogP contribution in [0.4, 0.5) is 27.3 Å². The van der Waals surface area contributed by atoms with Gasteiger partial charge in [-0.25, -0.2) is 13.9 Å². The maximum Gasteiger partial charge on any atom is 0.255 e. The Bertz CT molecular complexity index is 1870. The van der Waals surface area contributed by atoms with Crippen LogP contribution >= 0.6 is 0 Å². The molecule has 0 saturated carbocycles. The van der Waals surface area contributed by atoms with Crippen LogP contribution in [-0.4, -0.2) is 52.7 Å². The summed E-state index contributed by atoms with van der Waals surface area (Å²) in [4.78, 5) is 33.1. The van der Waals surface area contributed by atoms with Gasteiger partial charge in [-0.3, -0.25) is 9.59 Å². The number of nitrogens with one attached hydrogen (secondary N) is 3. The van der Waals surface area contributed by atoms with E-state index in [2.05, 4.69) is 26.0 Å². The molecule has 1 unspecified atom stereocenters. The van der Waals surface area contributed by atoms with Crippen molar-refractivity contribution >= 4 is 40.2 Å². The van der Waals surface area contributed by atoms with E-state index < -0.39 is 5.82 Å². The van der Waals surface area contributed by atoms with E-state index in [0.29, 0.717) is 71.4 Å². The van der Waals surface area contributed by atoms with E-state index in [9.17, 15) is 14.0 Å². The zero-order valence-corrected chi connectivity index (χ0v) is 25.3. The SMILES string of the molecule is Cc1ccc(C(=O)Nc2cc(F)cc(N3CCOCC3)c2)cc1Nc1ncnn2cc(C(=O)NC(C)c3ccccc3)c(C)c12. The third-order valence-corrected chi connectivity index (χ3v) is 7.99. The molecule has 0 aliphatic carbocycles. The minimum absolute atomic E-state index is 0.181. The highest BCUT2D eigenvalue weighted by Crippen LogP contribution is 2.29. The molecule has 3 aromatic carbocycles. The summed E-state index contributed by atoms with van der Waals surface area (Å²) in [5.41, 5.74) is 5.81. The molecule has 3 N–H and O–H groups in total. The molecule has 230 valence electrons. The van der Waals surface area contributed by atoms with Crippen LogP contribution < -0.4 is 20.9 Å². The summed E-state index contributed by atoms with van der Waals surface area (Å²) in [5.74, 6) is -0.545. The standard InChI is InChI=1S/C34H34FN7O3/c1-21-9-10-25(33(43)39-27-16-26(35)17-28(18-27)41-11-13-45-14-12-41)15-30(21)40-32-31-22(2)29(19-42(31)37-20-36-32)34(44)38-23(3)24-7-5-4-6-8-24/h4-10,15-20,23H,11-14H2,1-3H3,(H,38,44)(H,39,43)(H,36,37,40). The first-order valence-electron chi connectivity index (χ1n) is 14.8. The summed E-state index contributed by atoms with van der Waals surface area (Å²) in [6, 6.07) is 19.4. The van der Waals surface area contributed by atoms with E-state index in [1.807, 2.05) is 62.1 Å². The normalized spacial score (nSPS) is 13.8. The molecule has 0 radical (unpaired) electrons. The zero-order chi connectivity index (χ0) is 31.5. The van der Waals surface area contributed by atoms with Crippen molar-refractivity contribution in [2.75, 3.05) is 41.8 Å². The lowest BCUT2D eigenvalue weighted by Crippen LogP contribution is -2.36. The Morgan fingerprint density at radius 2 is 1.76 bits per heavy atom. The number of nitrogens with zero attached hydrogens (tertiary/aromatic N) is 4. The summed E-state index contributed by atoms with van der Waals surface area (Å²) < 4.78 is 21.5. The van der Waals surface area contributed by atoms with Crippen LogP contribution in [0.15, 0.2) is 79.3 Å². The number of carbonyl (C=O) groups excluding carboxylic acids is 2. The minimum atomic E-state index is -0.432. The van der Waals surface area contributed by atoms with Gasteiger partial charge < -0.3 is 25.6 Å². The number of anilines is 4. The number of aryl methyl sites for hydroxylation is 2. The van der Waals surface area contributed by atoms with Crippen LogP contribution in [0.3, 0.4) is 0 Å². The number of hydrogen-bond acceptors (Lipinski definition) is 7. The fourth-order valence-electron chi connectivity index (χ4n) is 5.46. The summed E-state index contributed by atoms with van der Waals surface area (Å²) in [5, 5.41) is 13.6. The summed E-state index contributed by atoms with van der Waals surface area (Å²) in [6.07, 6.45) is 3.09. The average molecular weight is 608 g/mol. The lowest BCUT2D eigenvalue weighted by atomic mass is 10.1.